The van der Waals surface area contributed by atoms with Gasteiger partial charge in [-0.1, -0.05) is 105 Å². The highest BCUT2D eigenvalue weighted by Gasteiger charge is 2.39. The molecule has 0 aliphatic carbocycles. The molecule has 0 saturated carbocycles. The van der Waals surface area contributed by atoms with Crippen molar-refractivity contribution in [1.29, 1.82) is 0 Å². The minimum absolute atomic E-state index is 0.0204. The van der Waals surface area contributed by atoms with Gasteiger partial charge >= 0.3 is 12.1 Å². The lowest BCUT2D eigenvalue weighted by atomic mass is 10.0. The Hall–Kier alpha value is -11.7. The Morgan fingerprint density at radius 3 is 1.47 bits per heavy atom. The number of amides is 12. The van der Waals surface area contributed by atoms with Crippen molar-refractivity contribution in [2.45, 2.75) is 132 Å². The number of nitrogens with one attached hydrogen (secondary N) is 10. The van der Waals surface area contributed by atoms with Crippen molar-refractivity contribution in [3.05, 3.63) is 138 Å². The van der Waals surface area contributed by atoms with E-state index in [-0.39, 0.29) is 69.1 Å². The fraction of sp³-hybridized carbons (Fsp3) is 0.385. The van der Waals surface area contributed by atoms with E-state index in [1.54, 1.807) is 105 Å². The first-order valence-corrected chi connectivity index (χ1v) is 31.3. The van der Waals surface area contributed by atoms with Gasteiger partial charge in [0.2, 0.25) is 70.9 Å². The Morgan fingerprint density at radius 2 is 0.950 bits per heavy atom. The van der Waals surface area contributed by atoms with E-state index >= 15 is 0 Å². The molecule has 36 heteroatoms. The van der Waals surface area contributed by atoms with E-state index in [4.69, 9.17) is 44.3 Å². The van der Waals surface area contributed by atoms with E-state index in [9.17, 15) is 80.9 Å². The molecule has 546 valence electrons. The van der Waals surface area contributed by atoms with Crippen molar-refractivity contribution in [2.24, 2.45) is 45.3 Å². The van der Waals surface area contributed by atoms with E-state index in [1.165, 1.54) is 24.3 Å². The van der Waals surface area contributed by atoms with Crippen LogP contribution in [0.2, 0.25) is 0 Å². The number of carboxylic acid groups (broad SMARTS) is 1. The van der Waals surface area contributed by atoms with Crippen LogP contribution in [-0.4, -0.2) is 183 Å². The van der Waals surface area contributed by atoms with E-state index in [0.29, 0.717) is 33.2 Å². The average molecular weight is 1420 g/mol. The van der Waals surface area contributed by atoms with Crippen LogP contribution in [0.5, 0.6) is 5.75 Å². The van der Waals surface area contributed by atoms with Gasteiger partial charge in [-0.15, -0.1) is 0 Å². The SMILES string of the molecule is CC(C)C[C@H](NC(=O)CNC(=O)[C@H](Cc1ccccc1)NC(=O)[C@H](CO)NC(=O)[C@H](CC(N)=O)NC(=O)[C@H](Cc1c[nH]c2ccccc12)NC(=O)[C@H](CC(N)=O)NC(=O)[C@@H](N)Cc1ccc(O)cc1)C(=O)N[C@@H](CCCN=C(N)N)C(=O)N[C@@H](Cc1ccccc1)C(N)=O.O=C(O)C(F)(F)F. The van der Waals surface area contributed by atoms with Crippen molar-refractivity contribution in [1.82, 2.24) is 52.8 Å². The molecule has 5 rings (SSSR count). The number of rotatable bonds is 38. The van der Waals surface area contributed by atoms with Gasteiger partial charge in [0.25, 0.3) is 0 Å². The first kappa shape index (κ1) is 81.7. The van der Waals surface area contributed by atoms with Gasteiger partial charge in [-0.2, -0.15) is 13.2 Å². The van der Waals surface area contributed by atoms with Gasteiger partial charge in [-0.3, -0.25) is 62.5 Å². The normalized spacial score (nSPS) is 13.7. The number of nitrogens with two attached hydrogens (primary N) is 6. The summed E-state index contributed by atoms with van der Waals surface area (Å²) in [7, 11) is 0. The molecule has 0 radical (unpaired) electrons. The Balaban J connectivity index is 0.00000293. The summed E-state index contributed by atoms with van der Waals surface area (Å²) < 4.78 is 31.7. The Labute approximate surface area is 576 Å². The van der Waals surface area contributed by atoms with Crippen LogP contribution in [0.4, 0.5) is 13.2 Å². The number of aliphatic carboxylic acids is 1. The molecule has 0 bridgehead atoms. The summed E-state index contributed by atoms with van der Waals surface area (Å²) in [4.78, 5) is 179. The van der Waals surface area contributed by atoms with Crippen LogP contribution in [0, 0.1) is 5.92 Å². The minimum atomic E-state index is -5.08. The molecule has 0 aliphatic heterocycles. The number of benzene rings is 4. The number of phenolic OH excluding ortho intramolecular Hbond substituents is 1. The number of phenols is 1. The lowest BCUT2D eigenvalue weighted by Crippen LogP contribution is -2.61. The van der Waals surface area contributed by atoms with Crippen molar-refractivity contribution in [3.8, 4) is 5.75 Å². The molecule has 0 aliphatic rings. The number of primary amides is 3. The number of hydrogen-bond acceptors (Lipinski definition) is 17. The van der Waals surface area contributed by atoms with Crippen LogP contribution in [0.1, 0.15) is 68.2 Å². The highest BCUT2D eigenvalue weighted by Crippen LogP contribution is 2.20. The zero-order valence-electron chi connectivity index (χ0n) is 54.9. The van der Waals surface area contributed by atoms with E-state index in [0.717, 1.165) is 0 Å². The second kappa shape index (κ2) is 40.3. The minimum Gasteiger partial charge on any atom is -0.508 e. The summed E-state index contributed by atoms with van der Waals surface area (Å²) in [5.74, 6) is -15.1. The number of aliphatic hydroxyl groups is 1. The largest absolute Gasteiger partial charge is 0.508 e. The molecule has 1 aromatic heterocycles. The van der Waals surface area contributed by atoms with Gasteiger partial charge in [0.1, 0.15) is 54.1 Å². The number of alkyl halides is 3. The van der Waals surface area contributed by atoms with Crippen molar-refractivity contribution < 1.29 is 90.8 Å². The number of guanidine groups is 1. The monoisotopic (exact) mass is 1420 g/mol. The molecule has 9 atom stereocenters. The summed E-state index contributed by atoms with van der Waals surface area (Å²) in [5.41, 5.74) is 36.7. The van der Waals surface area contributed by atoms with Crippen molar-refractivity contribution >= 4 is 93.7 Å². The molecule has 0 saturated heterocycles. The number of aliphatic imine (C=N–C) groups is 1. The van der Waals surface area contributed by atoms with Crippen LogP contribution in [0.3, 0.4) is 0 Å². The van der Waals surface area contributed by atoms with Crippen molar-refractivity contribution in [2.75, 3.05) is 19.7 Å². The highest BCUT2D eigenvalue weighted by molar-refractivity contribution is 6.00. The van der Waals surface area contributed by atoms with Crippen LogP contribution in [0.25, 0.3) is 10.9 Å². The van der Waals surface area contributed by atoms with Gasteiger partial charge in [0, 0.05) is 42.9 Å². The topological polar surface area (TPSA) is 575 Å². The molecule has 12 amide bonds. The number of para-hydroxylation sites is 1. The third-order valence-corrected chi connectivity index (χ3v) is 14.8. The number of nitrogens with zero attached hydrogens (tertiary/aromatic N) is 1. The Bertz CT molecular complexity index is 3710. The van der Waals surface area contributed by atoms with Gasteiger partial charge in [0.05, 0.1) is 32.0 Å². The second-order valence-corrected chi connectivity index (χ2v) is 23.5. The molecule has 25 N–H and O–H groups in total. The van der Waals surface area contributed by atoms with Gasteiger partial charge in [-0.25, -0.2) is 4.79 Å². The number of aromatic nitrogens is 1. The smallest absolute Gasteiger partial charge is 0.490 e. The predicted octanol–water partition coefficient (Wildman–Crippen LogP) is -3.57. The quantitative estimate of drug-likeness (QED) is 0.0103. The molecule has 0 unspecified atom stereocenters. The number of fused-ring (bicyclic) bond motifs is 1. The molecule has 0 spiro atoms. The molecule has 0 fully saturated rings. The molecule has 5 aromatic rings. The van der Waals surface area contributed by atoms with Gasteiger partial charge in [0.15, 0.2) is 5.96 Å². The molecular formula is C65H84F3N17O16. The first-order valence-electron chi connectivity index (χ1n) is 31.3. The van der Waals surface area contributed by atoms with Gasteiger partial charge in [-0.05, 0) is 72.1 Å². The van der Waals surface area contributed by atoms with Crippen LogP contribution >= 0.6 is 0 Å². The maximum atomic E-state index is 14.5. The molecule has 101 heavy (non-hydrogen) atoms. The fourth-order valence-corrected chi connectivity index (χ4v) is 9.78. The standard InChI is InChI=1S/C63H83N17O14.C2HF3O2/c1-34(2)24-45(58(90)74-43(18-11-23-70-63(68)69)57(89)75-44(54(67)86)26-35-12-5-3-6-13-35)73-53(85)32-72-56(88)46(27-36-14-7-4-8-15-36)77-62(94)50(33-81)80-61(93)49(30-52(66)84)79-59(91)47(28-38-31-71-42-17-10-9-16-40(38)42)78-60(92)48(29-51(65)83)76-55(87)41(64)25-37-19-21-39(82)22-20-37;3-2(4,5)1(6)7/h3-10,12-17,19-22,31,34,41,43-50,71,81-82H,11,18,23-30,32-33,64H2,1-2H3,(H2,65,83)(H2,66,84)(H2,67,86)(H,72,88)(H,73,85)(H,74,90)(H,75,89)(H,76,87)(H,77,94)(H,78,92)(H,79,91)(H,80,93)(H4,68,69,70);(H,6,7)/t41-,43-,44-,45-,46-,47-,48-,49-,50-;/m0./s1. The van der Waals surface area contributed by atoms with Crippen LogP contribution in [0.15, 0.2) is 120 Å². The first-order chi connectivity index (χ1) is 47.6. The third kappa shape index (κ3) is 29.1. The number of carboxylic acids is 1. The lowest BCUT2D eigenvalue weighted by Gasteiger charge is -2.27. The number of H-pyrrole nitrogens is 1. The summed E-state index contributed by atoms with van der Waals surface area (Å²) in [6, 6.07) is 16.0. The van der Waals surface area contributed by atoms with Crippen LogP contribution < -0.4 is 82.3 Å². The number of halogens is 3. The number of hydrogen-bond donors (Lipinski definition) is 19. The maximum Gasteiger partial charge on any atom is 0.490 e. The molecule has 33 nitrogen and oxygen atoms in total. The van der Waals surface area contributed by atoms with Crippen molar-refractivity contribution in [3.63, 3.8) is 0 Å². The second-order valence-electron chi connectivity index (χ2n) is 23.5. The zero-order valence-corrected chi connectivity index (χ0v) is 54.9. The number of aromatic amines is 1. The lowest BCUT2D eigenvalue weighted by molar-refractivity contribution is -0.192. The highest BCUT2D eigenvalue weighted by atomic mass is 19.4. The molecule has 4 aromatic carbocycles. The Kier molecular flexibility index (Phi) is 32.6. The summed E-state index contributed by atoms with van der Waals surface area (Å²) >= 11 is 0. The summed E-state index contributed by atoms with van der Waals surface area (Å²) in [5, 5.41) is 50.2. The Morgan fingerprint density at radius 1 is 0.515 bits per heavy atom. The fourth-order valence-electron chi connectivity index (χ4n) is 9.78. The summed E-state index contributed by atoms with van der Waals surface area (Å²) in [6.07, 6.45) is -5.54. The van der Waals surface area contributed by atoms with E-state index in [1.807, 2.05) is 0 Å². The number of carbonyl (C=O) groups excluding carboxylic acids is 12. The van der Waals surface area contributed by atoms with Crippen LogP contribution in [-0.2, 0) is 88.0 Å². The number of aliphatic hydroxyl groups excluding tert-OH is 1. The zero-order chi connectivity index (χ0) is 75.1. The van der Waals surface area contributed by atoms with E-state index < -0.39 is 163 Å². The average Bonchev–Trinajstić information content (AvgIpc) is 1.72. The number of carbonyl (C=O) groups is 13. The third-order valence-electron chi connectivity index (χ3n) is 14.8. The predicted molar refractivity (Wildman–Crippen MR) is 357 cm³/mol. The van der Waals surface area contributed by atoms with Gasteiger partial charge < -0.3 is 103 Å². The maximum absolute atomic E-state index is 14.5. The van der Waals surface area contributed by atoms with E-state index in [2.05, 4.69) is 57.8 Å². The number of aromatic hydroxyl groups is 1. The molecule has 1 heterocycles. The molecular weight excluding hydrogens is 1330 g/mol. The summed E-state index contributed by atoms with van der Waals surface area (Å²) in [6.45, 7) is 1.72.